The molecule has 0 spiro atoms. The molecule has 2 heterocycles. The van der Waals surface area contributed by atoms with Crippen molar-refractivity contribution in [1.82, 2.24) is 5.32 Å². The van der Waals surface area contributed by atoms with Gasteiger partial charge in [-0.15, -0.1) is 0 Å². The monoisotopic (exact) mass is 450 g/mol. The van der Waals surface area contributed by atoms with E-state index < -0.39 is 17.8 Å². The topological polar surface area (TPSA) is 79.6 Å². The summed E-state index contributed by atoms with van der Waals surface area (Å²) in [5.41, 5.74) is 1.82. The molecule has 1 aromatic heterocycles. The number of hydrogen-bond acceptors (Lipinski definition) is 4. The summed E-state index contributed by atoms with van der Waals surface area (Å²) in [5, 5.41) is 2.21. The summed E-state index contributed by atoms with van der Waals surface area (Å²) >= 11 is 3.41. The number of imide groups is 2. The molecule has 2 aromatic carbocycles. The number of amides is 4. The third-order valence-electron chi connectivity index (χ3n) is 4.48. The standard InChI is InChI=1S/C22H15BrN2O4/c1-13-5-2-3-8-18(13)25-21(27)17(20(26)24-22(25)28)12-16-9-10-19(29-16)14-6-4-7-15(23)11-14/h2-12H,1H3,(H,24,26,28)/b17-12+. The summed E-state index contributed by atoms with van der Waals surface area (Å²) in [5.74, 6) is -0.537. The number of furan rings is 1. The normalized spacial score (nSPS) is 15.7. The molecule has 1 aliphatic heterocycles. The van der Waals surface area contributed by atoms with Gasteiger partial charge < -0.3 is 4.42 Å². The highest BCUT2D eigenvalue weighted by Gasteiger charge is 2.37. The lowest BCUT2D eigenvalue weighted by molar-refractivity contribution is -0.122. The maximum atomic E-state index is 13.0. The van der Waals surface area contributed by atoms with Gasteiger partial charge in [0.25, 0.3) is 11.8 Å². The summed E-state index contributed by atoms with van der Waals surface area (Å²) in [6.07, 6.45) is 1.34. The number of aryl methyl sites for hydroxylation is 1. The van der Waals surface area contributed by atoms with Gasteiger partial charge in [-0.25, -0.2) is 9.69 Å². The van der Waals surface area contributed by atoms with E-state index in [-0.39, 0.29) is 5.57 Å². The lowest BCUT2D eigenvalue weighted by Gasteiger charge is -2.27. The first kappa shape index (κ1) is 18.9. The Kier molecular flexibility index (Phi) is 4.90. The van der Waals surface area contributed by atoms with Crippen LogP contribution in [0.15, 0.2) is 75.1 Å². The number of urea groups is 1. The smallest absolute Gasteiger partial charge is 0.335 e. The van der Waals surface area contributed by atoms with Crippen molar-refractivity contribution in [2.45, 2.75) is 6.92 Å². The number of para-hydroxylation sites is 1. The first-order valence-electron chi connectivity index (χ1n) is 8.77. The van der Waals surface area contributed by atoms with Crippen molar-refractivity contribution in [2.24, 2.45) is 0 Å². The van der Waals surface area contributed by atoms with Crippen molar-refractivity contribution in [3.8, 4) is 11.3 Å². The number of anilines is 1. The summed E-state index contributed by atoms with van der Waals surface area (Å²) in [7, 11) is 0. The van der Waals surface area contributed by atoms with Gasteiger partial charge >= 0.3 is 6.03 Å². The van der Waals surface area contributed by atoms with Gasteiger partial charge in [0.05, 0.1) is 5.69 Å². The van der Waals surface area contributed by atoms with Crippen LogP contribution < -0.4 is 10.2 Å². The summed E-state index contributed by atoms with van der Waals surface area (Å²) in [6.45, 7) is 1.78. The highest BCUT2D eigenvalue weighted by Crippen LogP contribution is 2.28. The largest absolute Gasteiger partial charge is 0.457 e. The number of benzene rings is 2. The Balaban J connectivity index is 1.70. The Morgan fingerprint density at radius 2 is 1.79 bits per heavy atom. The first-order chi connectivity index (χ1) is 13.9. The average molecular weight is 451 g/mol. The van der Waals surface area contributed by atoms with E-state index in [1.54, 1.807) is 43.3 Å². The minimum Gasteiger partial charge on any atom is -0.457 e. The average Bonchev–Trinajstić information content (AvgIpc) is 3.15. The van der Waals surface area contributed by atoms with E-state index >= 15 is 0 Å². The number of hydrogen-bond donors (Lipinski definition) is 1. The van der Waals surface area contributed by atoms with Gasteiger partial charge in [-0.1, -0.05) is 46.3 Å². The Morgan fingerprint density at radius 1 is 1.00 bits per heavy atom. The minimum atomic E-state index is -0.777. The van der Waals surface area contributed by atoms with Crippen molar-refractivity contribution < 1.29 is 18.8 Å². The number of barbiturate groups is 1. The number of nitrogens with zero attached hydrogens (tertiary/aromatic N) is 1. The van der Waals surface area contributed by atoms with Crippen LogP contribution in [-0.4, -0.2) is 17.8 Å². The molecular formula is C22H15BrN2O4. The molecular weight excluding hydrogens is 436 g/mol. The molecule has 144 valence electrons. The van der Waals surface area contributed by atoms with E-state index in [2.05, 4.69) is 21.2 Å². The van der Waals surface area contributed by atoms with Crippen LogP contribution in [0, 0.1) is 6.92 Å². The highest BCUT2D eigenvalue weighted by molar-refractivity contribution is 9.10. The SMILES string of the molecule is Cc1ccccc1N1C(=O)NC(=O)/C(=C\c2ccc(-c3cccc(Br)c3)o2)C1=O. The highest BCUT2D eigenvalue weighted by atomic mass is 79.9. The van der Waals surface area contributed by atoms with Crippen LogP contribution in [0.3, 0.4) is 0 Å². The molecule has 0 radical (unpaired) electrons. The second kappa shape index (κ2) is 7.52. The molecule has 0 unspecified atom stereocenters. The lowest BCUT2D eigenvalue weighted by atomic mass is 10.1. The summed E-state index contributed by atoms with van der Waals surface area (Å²) in [4.78, 5) is 38.5. The fraction of sp³-hybridized carbons (Fsp3) is 0.0455. The predicted molar refractivity (Wildman–Crippen MR) is 112 cm³/mol. The molecule has 0 atom stereocenters. The van der Waals surface area contributed by atoms with Crippen LogP contribution in [0.25, 0.3) is 17.4 Å². The molecule has 6 nitrogen and oxygen atoms in total. The van der Waals surface area contributed by atoms with Crippen LogP contribution in [-0.2, 0) is 9.59 Å². The van der Waals surface area contributed by atoms with Gasteiger partial charge in [-0.05, 0) is 48.9 Å². The third-order valence-corrected chi connectivity index (χ3v) is 4.97. The van der Waals surface area contributed by atoms with Gasteiger partial charge in [0, 0.05) is 10.0 Å². The van der Waals surface area contributed by atoms with Crippen LogP contribution in [0.4, 0.5) is 10.5 Å². The quantitative estimate of drug-likeness (QED) is 0.463. The Bertz CT molecular complexity index is 1180. The molecule has 1 saturated heterocycles. The second-order valence-electron chi connectivity index (χ2n) is 6.46. The number of halogens is 1. The molecule has 7 heteroatoms. The van der Waals surface area contributed by atoms with Gasteiger partial charge in [-0.2, -0.15) is 0 Å². The molecule has 4 rings (SSSR count). The zero-order valence-electron chi connectivity index (χ0n) is 15.3. The van der Waals surface area contributed by atoms with Crippen molar-refractivity contribution in [1.29, 1.82) is 0 Å². The van der Waals surface area contributed by atoms with Crippen LogP contribution >= 0.6 is 15.9 Å². The van der Waals surface area contributed by atoms with Gasteiger partial charge in [-0.3, -0.25) is 14.9 Å². The van der Waals surface area contributed by atoms with E-state index in [1.807, 2.05) is 24.3 Å². The fourth-order valence-electron chi connectivity index (χ4n) is 3.06. The zero-order chi connectivity index (χ0) is 20.5. The molecule has 29 heavy (non-hydrogen) atoms. The summed E-state index contributed by atoms with van der Waals surface area (Å²) < 4.78 is 6.69. The molecule has 4 amide bonds. The minimum absolute atomic E-state index is 0.178. The Hall–Kier alpha value is -3.45. The van der Waals surface area contributed by atoms with E-state index in [1.165, 1.54) is 6.08 Å². The van der Waals surface area contributed by atoms with Gasteiger partial charge in [0.1, 0.15) is 17.1 Å². The van der Waals surface area contributed by atoms with E-state index in [0.717, 1.165) is 20.5 Å². The first-order valence-corrected chi connectivity index (χ1v) is 9.56. The van der Waals surface area contributed by atoms with Crippen molar-refractivity contribution >= 4 is 45.5 Å². The molecule has 0 bridgehead atoms. The Labute approximate surface area is 174 Å². The number of carbonyl (C=O) groups is 3. The fourth-order valence-corrected chi connectivity index (χ4v) is 3.46. The predicted octanol–water partition coefficient (Wildman–Crippen LogP) is 4.68. The van der Waals surface area contributed by atoms with Gasteiger partial charge in [0.15, 0.2) is 0 Å². The summed E-state index contributed by atoms with van der Waals surface area (Å²) in [6, 6.07) is 17.2. The van der Waals surface area contributed by atoms with E-state index in [4.69, 9.17) is 4.42 Å². The maximum Gasteiger partial charge on any atom is 0.335 e. The molecule has 3 aromatic rings. The lowest BCUT2D eigenvalue weighted by Crippen LogP contribution is -2.54. The van der Waals surface area contributed by atoms with E-state index in [0.29, 0.717) is 17.2 Å². The second-order valence-corrected chi connectivity index (χ2v) is 7.37. The van der Waals surface area contributed by atoms with E-state index in [9.17, 15) is 14.4 Å². The number of carbonyl (C=O) groups excluding carboxylic acids is 3. The number of rotatable bonds is 3. The van der Waals surface area contributed by atoms with Crippen molar-refractivity contribution in [3.63, 3.8) is 0 Å². The van der Waals surface area contributed by atoms with Crippen molar-refractivity contribution in [3.05, 3.63) is 82.0 Å². The molecule has 1 N–H and O–H groups in total. The maximum absolute atomic E-state index is 13.0. The molecule has 0 aliphatic carbocycles. The third kappa shape index (κ3) is 3.64. The molecule has 1 fully saturated rings. The van der Waals surface area contributed by atoms with Crippen LogP contribution in [0.1, 0.15) is 11.3 Å². The van der Waals surface area contributed by atoms with Gasteiger partial charge in [0.2, 0.25) is 0 Å². The molecule has 1 aliphatic rings. The van der Waals surface area contributed by atoms with Crippen LogP contribution in [0.5, 0.6) is 0 Å². The molecule has 0 saturated carbocycles. The van der Waals surface area contributed by atoms with Crippen molar-refractivity contribution in [2.75, 3.05) is 4.90 Å². The zero-order valence-corrected chi connectivity index (χ0v) is 16.9. The Morgan fingerprint density at radius 3 is 2.55 bits per heavy atom. The van der Waals surface area contributed by atoms with Crippen LogP contribution in [0.2, 0.25) is 0 Å². The number of nitrogens with one attached hydrogen (secondary N) is 1.